The first kappa shape index (κ1) is 15.6. The van der Waals surface area contributed by atoms with Gasteiger partial charge in [-0.1, -0.05) is 68.4 Å². The second-order valence-electron chi connectivity index (χ2n) is 7.36. The highest BCUT2D eigenvalue weighted by Gasteiger charge is 2.52. The van der Waals surface area contributed by atoms with Gasteiger partial charge >= 0.3 is 0 Å². The van der Waals surface area contributed by atoms with E-state index in [1.54, 1.807) is 5.30 Å². The number of hydrogen-bond donors (Lipinski definition) is 0. The summed E-state index contributed by atoms with van der Waals surface area (Å²) in [6.45, 7) is 4.80. The third-order valence-electron chi connectivity index (χ3n) is 5.51. The van der Waals surface area contributed by atoms with E-state index in [0.29, 0.717) is 0 Å². The first-order valence-corrected chi connectivity index (χ1v) is 10.7. The summed E-state index contributed by atoms with van der Waals surface area (Å²) < 4.78 is 0. The average molecular weight is 331 g/mol. The minimum Gasteiger partial charge on any atom is -0.0620 e. The normalized spacial score (nSPS) is 17.9. The Morgan fingerprint density at radius 2 is 1.17 bits per heavy atom. The molecule has 0 radical (unpaired) electrons. The molecule has 0 unspecified atom stereocenters. The van der Waals surface area contributed by atoms with Crippen molar-refractivity contribution >= 4 is 23.2 Å². The zero-order valence-corrected chi connectivity index (χ0v) is 15.3. The minimum absolute atomic E-state index is 0.254. The zero-order valence-electron chi connectivity index (χ0n) is 14.4. The van der Waals surface area contributed by atoms with Crippen LogP contribution in [0.5, 0.6) is 0 Å². The lowest BCUT2D eigenvalue weighted by atomic mass is 9.82. The molecule has 0 saturated carbocycles. The molecule has 1 aliphatic heterocycles. The van der Waals surface area contributed by atoms with Gasteiger partial charge in [0.2, 0.25) is 0 Å². The number of fused-ring (bicyclic) bond motifs is 1. The van der Waals surface area contributed by atoms with Crippen molar-refractivity contribution in [3.63, 3.8) is 0 Å². The molecule has 0 amide bonds. The van der Waals surface area contributed by atoms with Gasteiger partial charge < -0.3 is 0 Å². The van der Waals surface area contributed by atoms with Crippen LogP contribution in [-0.2, 0) is 5.41 Å². The van der Waals surface area contributed by atoms with Crippen LogP contribution in [0, 0.1) is 0 Å². The monoisotopic (exact) mass is 331 g/mol. The molecule has 0 N–H and O–H groups in total. The Morgan fingerprint density at radius 3 is 1.75 bits per heavy atom. The van der Waals surface area contributed by atoms with E-state index in [-0.39, 0.29) is 5.41 Å². The van der Waals surface area contributed by atoms with Gasteiger partial charge in [0, 0.05) is 5.56 Å². The summed E-state index contributed by atoms with van der Waals surface area (Å²) >= 11 is 0. The van der Waals surface area contributed by atoms with Crippen molar-refractivity contribution in [1.82, 2.24) is 0 Å². The fourth-order valence-electron chi connectivity index (χ4n) is 4.13. The van der Waals surface area contributed by atoms with Crippen LogP contribution in [-0.4, -0.2) is 6.16 Å². The Hall–Kier alpha value is -1.91. The molecule has 0 nitrogen and oxygen atoms in total. The molecule has 24 heavy (non-hydrogen) atoms. The van der Waals surface area contributed by atoms with Crippen LogP contribution in [0.4, 0.5) is 0 Å². The van der Waals surface area contributed by atoms with Crippen molar-refractivity contribution in [2.75, 3.05) is 6.16 Å². The molecule has 3 aromatic carbocycles. The van der Waals surface area contributed by atoms with Crippen LogP contribution in [0.25, 0.3) is 0 Å². The lowest BCUT2D eigenvalue weighted by Crippen LogP contribution is -2.43. The highest BCUT2D eigenvalue weighted by Crippen LogP contribution is 2.61. The summed E-state index contributed by atoms with van der Waals surface area (Å²) in [6.07, 6.45) is 2.49. The minimum atomic E-state index is -1.56. The predicted octanol–water partition coefficient (Wildman–Crippen LogP) is 4.66. The smallest absolute Gasteiger partial charge is 0.0620 e. The van der Waals surface area contributed by atoms with Gasteiger partial charge in [-0.15, -0.1) is 0 Å². The van der Waals surface area contributed by atoms with E-state index in [4.69, 9.17) is 0 Å². The Kier molecular flexibility index (Phi) is 3.82. The summed E-state index contributed by atoms with van der Waals surface area (Å²) in [7, 11) is -1.56. The van der Waals surface area contributed by atoms with E-state index in [0.717, 1.165) is 0 Å². The van der Waals surface area contributed by atoms with Gasteiger partial charge in [-0.25, -0.2) is 0 Å². The van der Waals surface area contributed by atoms with E-state index in [1.165, 1.54) is 28.8 Å². The van der Waals surface area contributed by atoms with Gasteiger partial charge in [-0.2, -0.15) is 0 Å². The first-order chi connectivity index (χ1) is 11.6. The number of hydrogen-bond acceptors (Lipinski definition) is 0. The topological polar surface area (TPSA) is 0 Å². The summed E-state index contributed by atoms with van der Waals surface area (Å²) in [6, 6.07) is 31.6. The van der Waals surface area contributed by atoms with Gasteiger partial charge in [0.05, 0.1) is 6.16 Å². The molecule has 0 aliphatic carbocycles. The SMILES string of the molecule is CC1(C)CC[P+](c2ccccc2)(c2ccccc2)c2ccccc21. The maximum Gasteiger partial charge on any atom is 0.112 e. The molecule has 4 rings (SSSR count). The Morgan fingerprint density at radius 1 is 0.667 bits per heavy atom. The lowest BCUT2D eigenvalue weighted by Gasteiger charge is -2.39. The lowest BCUT2D eigenvalue weighted by molar-refractivity contribution is 0.507. The molecule has 0 saturated heterocycles. The molecule has 1 heteroatoms. The summed E-state index contributed by atoms with van der Waals surface area (Å²) in [5, 5.41) is 4.61. The standard InChI is InChI=1S/C23H24P/c1-23(2)17-18-24(19-11-5-3-6-12-19,20-13-7-4-8-14-20)22-16-10-9-15-21(22)23/h3-16H,17-18H2,1-2H3/q+1. The number of rotatable bonds is 2. The molecule has 1 aliphatic rings. The number of benzene rings is 3. The molecule has 1 heterocycles. The fourth-order valence-corrected chi connectivity index (χ4v) is 9.13. The quantitative estimate of drug-likeness (QED) is 0.599. The fraction of sp³-hybridized carbons (Fsp3) is 0.217. The van der Waals surface area contributed by atoms with E-state index in [2.05, 4.69) is 98.8 Å². The summed E-state index contributed by atoms with van der Waals surface area (Å²) in [5.41, 5.74) is 1.79. The van der Waals surface area contributed by atoms with Crippen molar-refractivity contribution in [2.45, 2.75) is 25.7 Å². The Bertz CT molecular complexity index is 795. The third-order valence-corrected chi connectivity index (χ3v) is 9.98. The van der Waals surface area contributed by atoms with Crippen LogP contribution >= 0.6 is 7.26 Å². The van der Waals surface area contributed by atoms with Crippen LogP contribution in [0.1, 0.15) is 25.8 Å². The first-order valence-electron chi connectivity index (χ1n) is 8.74. The highest BCUT2D eigenvalue weighted by molar-refractivity contribution is 7.95. The molecule has 0 aromatic heterocycles. The van der Waals surface area contributed by atoms with Gasteiger partial charge in [-0.05, 0) is 42.2 Å². The van der Waals surface area contributed by atoms with Crippen LogP contribution in [0.3, 0.4) is 0 Å². The van der Waals surface area contributed by atoms with E-state index in [9.17, 15) is 0 Å². The molecule has 0 fully saturated rings. The van der Waals surface area contributed by atoms with E-state index in [1.807, 2.05) is 0 Å². The third kappa shape index (κ3) is 2.33. The van der Waals surface area contributed by atoms with Gasteiger partial charge in [-0.3, -0.25) is 0 Å². The Labute approximate surface area is 145 Å². The zero-order chi connectivity index (χ0) is 16.6. The van der Waals surface area contributed by atoms with E-state index < -0.39 is 7.26 Å². The highest BCUT2D eigenvalue weighted by atomic mass is 31.2. The van der Waals surface area contributed by atoms with Crippen LogP contribution in [0.15, 0.2) is 84.9 Å². The Balaban J connectivity index is 2.06. The average Bonchev–Trinajstić information content (AvgIpc) is 2.64. The second kappa shape index (κ2) is 5.87. The molecule has 0 atom stereocenters. The van der Waals surface area contributed by atoms with Gasteiger partial charge in [0.1, 0.15) is 23.2 Å². The van der Waals surface area contributed by atoms with Crippen LogP contribution in [0.2, 0.25) is 0 Å². The van der Waals surface area contributed by atoms with Crippen molar-refractivity contribution in [3.8, 4) is 0 Å². The summed E-state index contributed by atoms with van der Waals surface area (Å²) in [4.78, 5) is 0. The predicted molar refractivity (Wildman–Crippen MR) is 108 cm³/mol. The molecule has 0 bridgehead atoms. The van der Waals surface area contributed by atoms with Crippen molar-refractivity contribution in [2.24, 2.45) is 0 Å². The molecular formula is C23H24P+. The molecule has 3 aromatic rings. The molecular weight excluding hydrogens is 307 g/mol. The molecule has 120 valence electrons. The molecule has 0 spiro atoms. The summed E-state index contributed by atoms with van der Waals surface area (Å²) in [5.74, 6) is 0. The van der Waals surface area contributed by atoms with Crippen molar-refractivity contribution in [3.05, 3.63) is 90.5 Å². The van der Waals surface area contributed by atoms with Gasteiger partial charge in [0.25, 0.3) is 0 Å². The maximum absolute atomic E-state index is 2.40. The van der Waals surface area contributed by atoms with Gasteiger partial charge in [0.15, 0.2) is 0 Å². The maximum atomic E-state index is 2.40. The largest absolute Gasteiger partial charge is 0.112 e. The van der Waals surface area contributed by atoms with E-state index >= 15 is 0 Å². The van der Waals surface area contributed by atoms with Crippen molar-refractivity contribution in [1.29, 1.82) is 0 Å². The second-order valence-corrected chi connectivity index (χ2v) is 10.9. The van der Waals surface area contributed by atoms with Crippen molar-refractivity contribution < 1.29 is 0 Å². The van der Waals surface area contributed by atoms with Crippen LogP contribution < -0.4 is 15.9 Å².